The van der Waals surface area contributed by atoms with Gasteiger partial charge in [-0.15, -0.1) is 0 Å². The Kier molecular flexibility index (Phi) is 8.26. The number of aryl methyl sites for hydroxylation is 1. The van der Waals surface area contributed by atoms with Crippen LogP contribution in [0, 0.1) is 6.92 Å². The molecular weight excluding hydrogens is 532 g/mol. The first kappa shape index (κ1) is 28.2. The van der Waals surface area contributed by atoms with Gasteiger partial charge < -0.3 is 9.88 Å². The van der Waals surface area contributed by atoms with Crippen molar-refractivity contribution in [1.29, 1.82) is 0 Å². The van der Waals surface area contributed by atoms with E-state index in [9.17, 15) is 9.59 Å². The molecule has 210 valence electrons. The van der Waals surface area contributed by atoms with Gasteiger partial charge >= 0.3 is 0 Å². The van der Waals surface area contributed by atoms with Gasteiger partial charge in [0.15, 0.2) is 10.8 Å². The Morgan fingerprint density at radius 1 is 1.07 bits per heavy atom. The van der Waals surface area contributed by atoms with Crippen LogP contribution in [0.4, 0.5) is 5.13 Å². The lowest BCUT2D eigenvalue weighted by Gasteiger charge is -2.21. The molecule has 3 aromatic heterocycles. The Morgan fingerprint density at radius 3 is 2.61 bits per heavy atom. The fourth-order valence-corrected chi connectivity index (χ4v) is 5.61. The van der Waals surface area contributed by atoms with Crippen LogP contribution in [0.2, 0.25) is 0 Å². The quantitative estimate of drug-likeness (QED) is 0.256. The topological polar surface area (TPSA) is 101 Å². The molecule has 1 aliphatic heterocycles. The highest BCUT2D eigenvalue weighted by molar-refractivity contribution is 7.22. The Hall–Kier alpha value is -4.37. The molecule has 8 nitrogen and oxygen atoms in total. The molecule has 0 fully saturated rings. The molecule has 1 aromatic carbocycles. The highest BCUT2D eigenvalue weighted by atomic mass is 32.1. The van der Waals surface area contributed by atoms with E-state index in [1.165, 1.54) is 11.3 Å². The molecule has 2 amide bonds. The lowest BCUT2D eigenvalue weighted by molar-refractivity contribution is 0.0937. The van der Waals surface area contributed by atoms with Gasteiger partial charge in [0, 0.05) is 60.5 Å². The van der Waals surface area contributed by atoms with Crippen LogP contribution in [0.15, 0.2) is 83.8 Å². The van der Waals surface area contributed by atoms with Crippen molar-refractivity contribution in [2.45, 2.75) is 58.5 Å². The van der Waals surface area contributed by atoms with E-state index in [1.54, 1.807) is 18.3 Å². The van der Waals surface area contributed by atoms with E-state index in [4.69, 9.17) is 4.98 Å². The van der Waals surface area contributed by atoms with Crippen molar-refractivity contribution >= 4 is 44.8 Å². The molecule has 1 unspecified atom stereocenters. The summed E-state index contributed by atoms with van der Waals surface area (Å²) in [6.45, 7) is 8.17. The number of thiazole rings is 1. The zero-order chi connectivity index (χ0) is 29.0. The van der Waals surface area contributed by atoms with E-state index in [1.807, 2.05) is 60.4 Å². The van der Waals surface area contributed by atoms with Gasteiger partial charge in [0.25, 0.3) is 11.8 Å². The first-order chi connectivity index (χ1) is 19.7. The third-order valence-corrected chi connectivity index (χ3v) is 7.75. The van der Waals surface area contributed by atoms with Gasteiger partial charge in [0.05, 0.1) is 10.3 Å². The summed E-state index contributed by atoms with van der Waals surface area (Å²) in [5.41, 5.74) is 4.43. The first-order valence-electron chi connectivity index (χ1n) is 13.7. The molecule has 5 rings (SSSR count). The number of carbonyl (C=O) groups excluding carboxylic acids is 2. The van der Waals surface area contributed by atoms with Crippen molar-refractivity contribution in [3.63, 3.8) is 0 Å². The fraction of sp³-hybridized carbons (Fsp3) is 0.281. The van der Waals surface area contributed by atoms with E-state index in [0.717, 1.165) is 28.0 Å². The first-order valence-corrected chi connectivity index (χ1v) is 14.5. The van der Waals surface area contributed by atoms with E-state index >= 15 is 0 Å². The number of allylic oxidation sites excluding steroid dienone is 2. The minimum absolute atomic E-state index is 0.194. The van der Waals surface area contributed by atoms with Crippen LogP contribution in [-0.2, 0) is 12.0 Å². The fourth-order valence-electron chi connectivity index (χ4n) is 4.65. The third-order valence-electron chi connectivity index (χ3n) is 6.76. The average Bonchev–Trinajstić information content (AvgIpc) is 3.38. The van der Waals surface area contributed by atoms with Crippen molar-refractivity contribution < 1.29 is 9.59 Å². The van der Waals surface area contributed by atoms with Crippen LogP contribution in [-0.4, -0.2) is 38.6 Å². The molecule has 2 N–H and O–H groups in total. The minimum atomic E-state index is -0.329. The van der Waals surface area contributed by atoms with Crippen LogP contribution in [0.3, 0.4) is 0 Å². The molecular formula is C32H34N6O2S. The molecule has 4 aromatic rings. The largest absolute Gasteiger partial charge is 0.348 e. The molecule has 0 radical (unpaired) electrons. The maximum Gasteiger partial charge on any atom is 0.257 e. The number of nitrogens with zero attached hydrogens (tertiary/aromatic N) is 4. The molecule has 0 spiro atoms. The molecule has 0 bridgehead atoms. The van der Waals surface area contributed by atoms with E-state index in [0.29, 0.717) is 34.7 Å². The van der Waals surface area contributed by atoms with Gasteiger partial charge in [-0.25, -0.2) is 4.98 Å². The zero-order valence-electron chi connectivity index (χ0n) is 23.7. The molecule has 9 heteroatoms. The van der Waals surface area contributed by atoms with Gasteiger partial charge in [0.1, 0.15) is 0 Å². The van der Waals surface area contributed by atoms with Crippen molar-refractivity contribution in [3.05, 3.63) is 101 Å². The highest BCUT2D eigenvalue weighted by Gasteiger charge is 2.27. The summed E-state index contributed by atoms with van der Waals surface area (Å²) in [5, 5.41) is 6.63. The van der Waals surface area contributed by atoms with Gasteiger partial charge in [0.2, 0.25) is 0 Å². The van der Waals surface area contributed by atoms with Crippen molar-refractivity contribution in [3.8, 4) is 0 Å². The number of aromatic nitrogens is 3. The number of hydrogen-bond acceptors (Lipinski definition) is 6. The lowest BCUT2D eigenvalue weighted by Crippen LogP contribution is -2.37. The number of carbonyl (C=O) groups is 2. The standard InChI is InChI=1S/C32H34N6O2S/c1-21-11-13-23(14-12-21)29(39)37-31-36-28-27(41-31)26(20-38(28)32(2,3)4)30(40)35-25(18-24-10-6-8-16-34-24)17-22-9-5-7-15-33-19-22/h5-6,8-16,19-20,25H,7,17-18H2,1-4H3,(H,35,40)(H,36,37,39). The number of fused-ring (bicyclic) bond motifs is 1. The molecule has 1 aliphatic rings. The van der Waals surface area contributed by atoms with E-state index in [-0.39, 0.29) is 23.4 Å². The smallest absolute Gasteiger partial charge is 0.257 e. The van der Waals surface area contributed by atoms with Crippen LogP contribution in [0.25, 0.3) is 10.3 Å². The predicted molar refractivity (Wildman–Crippen MR) is 166 cm³/mol. The third kappa shape index (κ3) is 6.86. The number of hydrogen-bond donors (Lipinski definition) is 2. The minimum Gasteiger partial charge on any atom is -0.348 e. The van der Waals surface area contributed by atoms with Gasteiger partial charge in [-0.1, -0.05) is 47.3 Å². The molecule has 1 atom stereocenters. The summed E-state index contributed by atoms with van der Waals surface area (Å²) in [6.07, 6.45) is 13.4. The van der Waals surface area contributed by atoms with E-state index < -0.39 is 0 Å². The van der Waals surface area contributed by atoms with Crippen LogP contribution in [0.1, 0.15) is 65.6 Å². The molecule has 0 aliphatic carbocycles. The van der Waals surface area contributed by atoms with Crippen molar-refractivity contribution in [2.24, 2.45) is 4.99 Å². The van der Waals surface area contributed by atoms with E-state index in [2.05, 4.69) is 53.5 Å². The summed E-state index contributed by atoms with van der Waals surface area (Å²) in [6, 6.07) is 13.0. The Labute approximate surface area is 243 Å². The van der Waals surface area contributed by atoms with Gasteiger partial charge in [-0.2, -0.15) is 0 Å². The number of pyridine rings is 1. The normalized spacial score (nSPS) is 14.0. The number of nitrogens with one attached hydrogen (secondary N) is 2. The van der Waals surface area contributed by atoms with Crippen molar-refractivity contribution in [2.75, 3.05) is 5.32 Å². The van der Waals surface area contributed by atoms with Gasteiger partial charge in [-0.3, -0.25) is 24.9 Å². The number of anilines is 1. The maximum atomic E-state index is 13.9. The SMILES string of the molecule is Cc1ccc(C(=O)Nc2nc3c(s2)c(C(=O)NC(CC2=CN=CCC=C2)Cc2ccccn2)cn3C(C)(C)C)cc1. The lowest BCUT2D eigenvalue weighted by atomic mass is 10.0. The zero-order valence-corrected chi connectivity index (χ0v) is 24.5. The summed E-state index contributed by atoms with van der Waals surface area (Å²) < 4.78 is 2.72. The second-order valence-corrected chi connectivity index (χ2v) is 12.1. The average molecular weight is 567 g/mol. The molecule has 0 saturated carbocycles. The Morgan fingerprint density at radius 2 is 1.88 bits per heavy atom. The number of amides is 2. The summed E-state index contributed by atoms with van der Waals surface area (Å²) in [5.74, 6) is -0.432. The Balaban J connectivity index is 1.44. The van der Waals surface area contributed by atoms with Crippen molar-refractivity contribution in [1.82, 2.24) is 19.9 Å². The second kappa shape index (κ2) is 12.0. The maximum absolute atomic E-state index is 13.9. The van der Waals surface area contributed by atoms with Crippen LogP contribution < -0.4 is 10.6 Å². The van der Waals surface area contributed by atoms with Gasteiger partial charge in [-0.05, 0) is 64.0 Å². The van der Waals surface area contributed by atoms with Crippen LogP contribution >= 0.6 is 11.3 Å². The number of benzene rings is 1. The summed E-state index contributed by atoms with van der Waals surface area (Å²) in [7, 11) is 0. The number of aliphatic imine (C=N–C) groups is 1. The molecule has 41 heavy (non-hydrogen) atoms. The second-order valence-electron chi connectivity index (χ2n) is 11.1. The summed E-state index contributed by atoms with van der Waals surface area (Å²) >= 11 is 1.31. The highest BCUT2D eigenvalue weighted by Crippen LogP contribution is 2.34. The molecule has 4 heterocycles. The van der Waals surface area contributed by atoms with Crippen LogP contribution in [0.5, 0.6) is 0 Å². The summed E-state index contributed by atoms with van der Waals surface area (Å²) in [4.78, 5) is 40.4. The predicted octanol–water partition coefficient (Wildman–Crippen LogP) is 6.45. The number of rotatable bonds is 8. The monoisotopic (exact) mass is 566 g/mol. The molecule has 0 saturated heterocycles. The Bertz CT molecular complexity index is 1640.